The Morgan fingerprint density at radius 2 is 2.00 bits per heavy atom. The average Bonchev–Trinajstić information content (AvgIpc) is 3.28. The van der Waals surface area contributed by atoms with Crippen molar-refractivity contribution in [1.82, 2.24) is 9.55 Å². The third-order valence-electron chi connectivity index (χ3n) is 5.57. The number of carbonyl (C=O) groups is 2. The minimum absolute atomic E-state index is 0.0590. The molecule has 2 aromatic heterocycles. The Morgan fingerprint density at radius 3 is 2.76 bits per heavy atom. The van der Waals surface area contributed by atoms with Gasteiger partial charge in [-0.1, -0.05) is 34.1 Å². The minimum atomic E-state index is -0.276. The molecule has 0 radical (unpaired) electrons. The lowest BCUT2D eigenvalue weighted by atomic mass is 10.1. The summed E-state index contributed by atoms with van der Waals surface area (Å²) in [6.07, 6.45) is 3.02. The van der Waals surface area contributed by atoms with Crippen molar-refractivity contribution < 1.29 is 14.3 Å². The summed E-state index contributed by atoms with van der Waals surface area (Å²) in [4.78, 5) is 45.2. The highest BCUT2D eigenvalue weighted by Gasteiger charge is 2.26. The number of thiophene rings is 1. The number of halogens is 1. The summed E-state index contributed by atoms with van der Waals surface area (Å²) >= 11 is 4.82. The van der Waals surface area contributed by atoms with Gasteiger partial charge < -0.3 is 9.64 Å². The number of benzene rings is 2. The molecule has 3 heterocycles. The summed E-state index contributed by atoms with van der Waals surface area (Å²) in [6, 6.07) is 12.6. The molecule has 7 nitrogen and oxygen atoms in total. The van der Waals surface area contributed by atoms with E-state index in [0.29, 0.717) is 33.8 Å². The number of ether oxygens (including phenoxy) is 1. The fourth-order valence-corrected chi connectivity index (χ4v) is 5.04. The molecule has 2 aromatic carbocycles. The number of fused-ring (bicyclic) bond motifs is 2. The van der Waals surface area contributed by atoms with Gasteiger partial charge in [-0.3, -0.25) is 19.0 Å². The van der Waals surface area contributed by atoms with E-state index in [1.54, 1.807) is 24.3 Å². The van der Waals surface area contributed by atoms with E-state index in [-0.39, 0.29) is 30.4 Å². The average molecular weight is 536 g/mol. The molecule has 9 heteroatoms. The zero-order chi connectivity index (χ0) is 23.8. The summed E-state index contributed by atoms with van der Waals surface area (Å²) in [5.41, 5.74) is 2.30. The zero-order valence-electron chi connectivity index (χ0n) is 17.9. The van der Waals surface area contributed by atoms with Crippen LogP contribution in [0, 0.1) is 0 Å². The normalized spacial score (nSPS) is 13.0. The van der Waals surface area contributed by atoms with Gasteiger partial charge in [0.1, 0.15) is 10.6 Å². The van der Waals surface area contributed by atoms with Crippen molar-refractivity contribution in [2.24, 2.45) is 0 Å². The molecule has 0 atom stereocenters. The van der Waals surface area contributed by atoms with Gasteiger partial charge in [0.15, 0.2) is 12.4 Å². The number of carbonyl (C=O) groups excluding carboxylic acids is 2. The third-order valence-corrected chi connectivity index (χ3v) is 6.98. The smallest absolute Gasteiger partial charge is 0.265 e. The van der Waals surface area contributed by atoms with Gasteiger partial charge in [0.25, 0.3) is 11.5 Å². The third kappa shape index (κ3) is 3.97. The Hall–Kier alpha value is -3.56. The van der Waals surface area contributed by atoms with E-state index >= 15 is 0 Å². The van der Waals surface area contributed by atoms with Crippen molar-refractivity contribution >= 4 is 54.9 Å². The highest BCUT2D eigenvalue weighted by atomic mass is 79.9. The summed E-state index contributed by atoms with van der Waals surface area (Å²) in [6.45, 7) is 3.77. The SMILES string of the molecule is C=CCN1C(=O)COc2ccc(C(=O)Cn3cnc4scc(-c5ccc(Br)cc5)c4c3=O)cc21. The van der Waals surface area contributed by atoms with Crippen LogP contribution in [0.2, 0.25) is 0 Å². The Morgan fingerprint density at radius 1 is 1.21 bits per heavy atom. The van der Waals surface area contributed by atoms with Crippen molar-refractivity contribution in [2.45, 2.75) is 6.54 Å². The molecule has 1 aliphatic rings. The number of ketones is 1. The second kappa shape index (κ2) is 9.00. The quantitative estimate of drug-likeness (QED) is 0.264. The molecule has 4 aromatic rings. The van der Waals surface area contributed by atoms with Crippen LogP contribution < -0.4 is 15.2 Å². The molecular formula is C25H18BrN3O4S. The number of aromatic nitrogens is 2. The van der Waals surface area contributed by atoms with Crippen molar-refractivity contribution in [2.75, 3.05) is 18.1 Å². The van der Waals surface area contributed by atoms with Crippen LogP contribution >= 0.6 is 27.3 Å². The topological polar surface area (TPSA) is 81.5 Å². The van der Waals surface area contributed by atoms with Crippen LogP contribution in [0.4, 0.5) is 5.69 Å². The number of nitrogens with zero attached hydrogens (tertiary/aromatic N) is 3. The molecule has 0 spiro atoms. The first-order valence-electron chi connectivity index (χ1n) is 10.4. The molecule has 0 aliphatic carbocycles. The predicted octanol–water partition coefficient (Wildman–Crippen LogP) is 4.68. The van der Waals surface area contributed by atoms with Crippen molar-refractivity contribution in [1.29, 1.82) is 0 Å². The molecular weight excluding hydrogens is 518 g/mol. The van der Waals surface area contributed by atoms with Gasteiger partial charge in [0.2, 0.25) is 0 Å². The lowest BCUT2D eigenvalue weighted by Crippen LogP contribution is -2.39. The number of Topliss-reactive ketones (excluding diaryl/α,β-unsaturated/α-hetero) is 1. The number of amides is 1. The van der Waals surface area contributed by atoms with Crippen LogP contribution in [0.25, 0.3) is 21.3 Å². The van der Waals surface area contributed by atoms with E-state index in [1.807, 2.05) is 29.6 Å². The molecule has 0 saturated carbocycles. The van der Waals surface area contributed by atoms with Crippen LogP contribution in [0.15, 0.2) is 76.1 Å². The number of hydrogen-bond acceptors (Lipinski definition) is 6. The van der Waals surface area contributed by atoms with E-state index in [4.69, 9.17) is 4.74 Å². The molecule has 34 heavy (non-hydrogen) atoms. The van der Waals surface area contributed by atoms with Crippen LogP contribution in [0.1, 0.15) is 10.4 Å². The maximum absolute atomic E-state index is 13.3. The van der Waals surface area contributed by atoms with E-state index in [2.05, 4.69) is 27.5 Å². The van der Waals surface area contributed by atoms with Gasteiger partial charge in [0.05, 0.1) is 23.9 Å². The molecule has 0 N–H and O–H groups in total. The second-order valence-electron chi connectivity index (χ2n) is 7.70. The molecule has 0 saturated heterocycles. The van der Waals surface area contributed by atoms with E-state index in [1.165, 1.54) is 27.1 Å². The highest BCUT2D eigenvalue weighted by molar-refractivity contribution is 9.10. The summed E-state index contributed by atoms with van der Waals surface area (Å²) in [7, 11) is 0. The fraction of sp³-hybridized carbons (Fsp3) is 0.120. The van der Waals surface area contributed by atoms with E-state index < -0.39 is 0 Å². The van der Waals surface area contributed by atoms with Crippen LogP contribution in [0.3, 0.4) is 0 Å². The second-order valence-corrected chi connectivity index (χ2v) is 9.48. The van der Waals surface area contributed by atoms with Gasteiger partial charge >= 0.3 is 0 Å². The molecule has 0 bridgehead atoms. The molecule has 0 fully saturated rings. The van der Waals surface area contributed by atoms with E-state index in [0.717, 1.165) is 15.6 Å². The van der Waals surface area contributed by atoms with Crippen molar-refractivity contribution in [3.63, 3.8) is 0 Å². The van der Waals surface area contributed by atoms with Gasteiger partial charge in [0, 0.05) is 27.5 Å². The Bertz CT molecular complexity index is 1510. The maximum Gasteiger partial charge on any atom is 0.265 e. The molecule has 1 amide bonds. The zero-order valence-corrected chi connectivity index (χ0v) is 20.3. The lowest BCUT2D eigenvalue weighted by molar-refractivity contribution is -0.121. The fourth-order valence-electron chi connectivity index (χ4n) is 3.87. The predicted molar refractivity (Wildman–Crippen MR) is 136 cm³/mol. The van der Waals surface area contributed by atoms with Gasteiger partial charge in [-0.25, -0.2) is 4.98 Å². The molecule has 0 unspecified atom stereocenters. The van der Waals surface area contributed by atoms with Crippen molar-refractivity contribution in [3.8, 4) is 16.9 Å². The molecule has 1 aliphatic heterocycles. The summed E-state index contributed by atoms with van der Waals surface area (Å²) in [5, 5.41) is 2.40. The maximum atomic E-state index is 13.3. The van der Waals surface area contributed by atoms with Gasteiger partial charge in [-0.15, -0.1) is 17.9 Å². The van der Waals surface area contributed by atoms with Crippen LogP contribution in [0.5, 0.6) is 5.75 Å². The minimum Gasteiger partial charge on any atom is -0.482 e. The van der Waals surface area contributed by atoms with Crippen LogP contribution in [-0.2, 0) is 11.3 Å². The first kappa shape index (κ1) is 22.2. The molecule has 5 rings (SSSR count). The first-order chi connectivity index (χ1) is 16.5. The first-order valence-corrected chi connectivity index (χ1v) is 12.1. The van der Waals surface area contributed by atoms with Gasteiger partial charge in [-0.05, 0) is 35.9 Å². The summed E-state index contributed by atoms with van der Waals surface area (Å²) in [5.74, 6) is 0.0412. The number of hydrogen-bond donors (Lipinski definition) is 0. The number of rotatable bonds is 6. The lowest BCUT2D eigenvalue weighted by Gasteiger charge is -2.28. The Labute approximate surface area is 207 Å². The standard InChI is InChI=1S/C25H18BrN3O4S/c1-2-9-29-19-10-16(5-8-21(19)33-12-22(29)31)20(30)11-28-14-27-24-23(25(28)32)18(13-34-24)15-3-6-17(26)7-4-15/h2-8,10,13-14H,1,9,11-12H2. The number of anilines is 1. The van der Waals surface area contributed by atoms with Crippen molar-refractivity contribution in [3.05, 3.63) is 87.2 Å². The highest BCUT2D eigenvalue weighted by Crippen LogP contribution is 2.34. The monoisotopic (exact) mass is 535 g/mol. The molecule has 170 valence electrons. The van der Waals surface area contributed by atoms with E-state index in [9.17, 15) is 14.4 Å². The summed E-state index contributed by atoms with van der Waals surface area (Å²) < 4.78 is 7.75. The Kier molecular flexibility index (Phi) is 5.89. The van der Waals surface area contributed by atoms with Crippen LogP contribution in [-0.4, -0.2) is 34.4 Å². The van der Waals surface area contributed by atoms with Gasteiger partial charge in [-0.2, -0.15) is 0 Å². The largest absolute Gasteiger partial charge is 0.482 e. The Balaban J connectivity index is 1.49.